The Bertz CT molecular complexity index is 749. The van der Waals surface area contributed by atoms with E-state index < -0.39 is 5.97 Å². The lowest BCUT2D eigenvalue weighted by atomic mass is 10.3. The van der Waals surface area contributed by atoms with E-state index in [0.29, 0.717) is 22.5 Å². The van der Waals surface area contributed by atoms with E-state index in [9.17, 15) is 4.79 Å². The van der Waals surface area contributed by atoms with Gasteiger partial charge in [-0.2, -0.15) is 0 Å². The lowest BCUT2D eigenvalue weighted by Gasteiger charge is -2.03. The normalized spacial score (nSPS) is 11.1. The van der Waals surface area contributed by atoms with Crippen LogP contribution >= 0.6 is 0 Å². The summed E-state index contributed by atoms with van der Waals surface area (Å²) in [4.78, 5) is 23.0. The van der Waals surface area contributed by atoms with Crippen molar-refractivity contribution >= 4 is 28.5 Å². The maximum atomic E-state index is 10.9. The second kappa shape index (κ2) is 3.14. The zero-order chi connectivity index (χ0) is 12.0. The Labute approximate surface area is 94.6 Å². The monoisotopic (exact) mass is 229 g/mol. The van der Waals surface area contributed by atoms with Crippen molar-refractivity contribution < 1.29 is 9.90 Å². The van der Waals surface area contributed by atoms with Crippen molar-refractivity contribution in [2.75, 3.05) is 5.73 Å². The van der Waals surface area contributed by atoms with Crippen LogP contribution in [0.5, 0.6) is 0 Å². The molecule has 84 valence electrons. The number of carboxylic acids is 1. The van der Waals surface area contributed by atoms with Crippen LogP contribution in [0.3, 0.4) is 0 Å². The molecule has 0 aliphatic heterocycles. The highest BCUT2D eigenvalue weighted by Crippen LogP contribution is 2.17. The van der Waals surface area contributed by atoms with Gasteiger partial charge in [0.25, 0.3) is 0 Å². The predicted molar refractivity (Wildman–Crippen MR) is 59.7 cm³/mol. The number of carbonyl (C=O) groups is 1. The van der Waals surface area contributed by atoms with Gasteiger partial charge in [-0.3, -0.25) is 4.40 Å². The number of aromatic nitrogens is 4. The summed E-state index contributed by atoms with van der Waals surface area (Å²) in [6, 6.07) is 2.96. The van der Waals surface area contributed by atoms with Crippen LogP contribution < -0.4 is 5.73 Å². The van der Waals surface area contributed by atoms with Gasteiger partial charge in [0, 0.05) is 0 Å². The second-order valence-corrected chi connectivity index (χ2v) is 3.49. The van der Waals surface area contributed by atoms with Gasteiger partial charge < -0.3 is 10.8 Å². The number of nitrogens with two attached hydrogens (primary N) is 1. The molecule has 0 saturated heterocycles. The van der Waals surface area contributed by atoms with Crippen LogP contribution in [-0.2, 0) is 0 Å². The van der Waals surface area contributed by atoms with Crippen LogP contribution in [0.2, 0.25) is 0 Å². The van der Waals surface area contributed by atoms with Crippen molar-refractivity contribution in [2.24, 2.45) is 0 Å². The molecule has 0 fully saturated rings. The number of hydrogen-bond acceptors (Lipinski definition) is 5. The van der Waals surface area contributed by atoms with Crippen LogP contribution in [0.15, 0.2) is 24.7 Å². The second-order valence-electron chi connectivity index (χ2n) is 3.49. The minimum Gasteiger partial charge on any atom is -0.477 e. The molecule has 0 saturated carbocycles. The molecule has 3 rings (SSSR count). The van der Waals surface area contributed by atoms with Crippen molar-refractivity contribution in [1.29, 1.82) is 0 Å². The predicted octanol–water partition coefficient (Wildman–Crippen LogP) is 0.558. The molecule has 0 spiro atoms. The maximum absolute atomic E-state index is 10.9. The summed E-state index contributed by atoms with van der Waals surface area (Å²) in [5.41, 5.74) is 7.26. The average Bonchev–Trinajstić information content (AvgIpc) is 2.78. The summed E-state index contributed by atoms with van der Waals surface area (Å²) in [7, 11) is 0. The molecule has 3 aromatic heterocycles. The van der Waals surface area contributed by atoms with Gasteiger partial charge in [0.15, 0.2) is 11.3 Å². The quantitative estimate of drug-likeness (QED) is 0.631. The number of carboxylic acid groups (broad SMARTS) is 1. The van der Waals surface area contributed by atoms with Gasteiger partial charge in [-0.1, -0.05) is 0 Å². The molecule has 3 heterocycles. The first-order valence-electron chi connectivity index (χ1n) is 4.78. The lowest BCUT2D eigenvalue weighted by Crippen LogP contribution is -2.04. The Hall–Kier alpha value is -2.70. The Kier molecular flexibility index (Phi) is 1.76. The molecule has 3 N–H and O–H groups in total. The van der Waals surface area contributed by atoms with E-state index in [0.717, 1.165) is 0 Å². The van der Waals surface area contributed by atoms with Crippen LogP contribution in [0.25, 0.3) is 16.7 Å². The highest BCUT2D eigenvalue weighted by molar-refractivity contribution is 5.89. The van der Waals surface area contributed by atoms with E-state index >= 15 is 0 Å². The van der Waals surface area contributed by atoms with Crippen molar-refractivity contribution in [3.63, 3.8) is 0 Å². The average molecular weight is 229 g/mol. The fourth-order valence-corrected chi connectivity index (χ4v) is 1.67. The lowest BCUT2D eigenvalue weighted by molar-refractivity contribution is 0.0691. The maximum Gasteiger partial charge on any atom is 0.354 e. The van der Waals surface area contributed by atoms with E-state index in [4.69, 9.17) is 10.8 Å². The van der Waals surface area contributed by atoms with Gasteiger partial charge in [0.05, 0.1) is 6.20 Å². The number of anilines is 1. The summed E-state index contributed by atoms with van der Waals surface area (Å²) in [6.07, 6.45) is 3.07. The van der Waals surface area contributed by atoms with Crippen molar-refractivity contribution in [3.05, 3.63) is 30.4 Å². The number of imidazole rings is 1. The molecule has 0 radical (unpaired) electrons. The van der Waals surface area contributed by atoms with Gasteiger partial charge in [-0.25, -0.2) is 19.7 Å². The smallest absolute Gasteiger partial charge is 0.354 e. The van der Waals surface area contributed by atoms with Crippen LogP contribution in [0, 0.1) is 0 Å². The molecule has 0 unspecified atom stereocenters. The number of rotatable bonds is 1. The molecule has 17 heavy (non-hydrogen) atoms. The molecular formula is C10H7N5O2. The van der Waals surface area contributed by atoms with Crippen LogP contribution in [-0.4, -0.2) is 30.4 Å². The largest absolute Gasteiger partial charge is 0.477 e. The van der Waals surface area contributed by atoms with E-state index in [2.05, 4.69) is 15.0 Å². The van der Waals surface area contributed by atoms with Gasteiger partial charge in [0.2, 0.25) is 0 Å². The number of nitrogens with zero attached hydrogens (tertiary/aromatic N) is 4. The van der Waals surface area contributed by atoms with E-state index in [1.54, 1.807) is 16.7 Å². The fraction of sp³-hybridized carbons (Fsp3) is 0. The number of pyridine rings is 1. The van der Waals surface area contributed by atoms with Crippen molar-refractivity contribution in [3.8, 4) is 0 Å². The summed E-state index contributed by atoms with van der Waals surface area (Å²) in [5.74, 6) is -0.753. The minimum atomic E-state index is -1.09. The first-order chi connectivity index (χ1) is 8.16. The molecule has 7 nitrogen and oxygen atoms in total. The van der Waals surface area contributed by atoms with E-state index in [1.807, 2.05) is 0 Å². The van der Waals surface area contributed by atoms with Crippen molar-refractivity contribution in [1.82, 2.24) is 19.4 Å². The third kappa shape index (κ3) is 1.29. The zero-order valence-electron chi connectivity index (χ0n) is 8.53. The molecule has 3 aromatic rings. The molecule has 7 heteroatoms. The molecular weight excluding hydrogens is 222 g/mol. The van der Waals surface area contributed by atoms with Crippen LogP contribution in [0.4, 0.5) is 5.82 Å². The number of hydrogen-bond donors (Lipinski definition) is 2. The third-order valence-electron chi connectivity index (χ3n) is 2.44. The molecule has 0 aromatic carbocycles. The van der Waals surface area contributed by atoms with Gasteiger partial charge in [-0.05, 0) is 12.1 Å². The summed E-state index contributed by atoms with van der Waals surface area (Å²) < 4.78 is 1.62. The Morgan fingerprint density at radius 2 is 2.18 bits per heavy atom. The molecule has 0 aliphatic carbocycles. The topological polar surface area (TPSA) is 106 Å². The Morgan fingerprint density at radius 3 is 2.94 bits per heavy atom. The number of fused-ring (bicyclic) bond motifs is 3. The summed E-state index contributed by atoms with van der Waals surface area (Å²) in [6.45, 7) is 0. The number of aromatic carboxylic acids is 1. The molecule has 0 aliphatic rings. The third-order valence-corrected chi connectivity index (χ3v) is 2.44. The number of nitrogen functional groups attached to an aromatic ring is 1. The minimum absolute atomic E-state index is 0.0425. The standard InChI is InChI=1S/C10H7N5O2/c11-8-7-3-12-4-15(7)9-5(13-8)1-2-6(14-9)10(16)17/h1-4H,(H2,11,13)(H,16,17). The summed E-state index contributed by atoms with van der Waals surface area (Å²) >= 11 is 0. The molecule has 0 atom stereocenters. The highest BCUT2D eigenvalue weighted by Gasteiger charge is 2.10. The van der Waals surface area contributed by atoms with E-state index in [1.165, 1.54) is 12.4 Å². The van der Waals surface area contributed by atoms with Gasteiger partial charge in [0.1, 0.15) is 23.2 Å². The van der Waals surface area contributed by atoms with Gasteiger partial charge in [-0.15, -0.1) is 0 Å². The summed E-state index contributed by atoms with van der Waals surface area (Å²) in [5, 5.41) is 8.89. The zero-order valence-corrected chi connectivity index (χ0v) is 8.53. The molecule has 0 amide bonds. The van der Waals surface area contributed by atoms with E-state index in [-0.39, 0.29) is 5.69 Å². The fourth-order valence-electron chi connectivity index (χ4n) is 1.67. The van der Waals surface area contributed by atoms with Gasteiger partial charge >= 0.3 is 5.97 Å². The Balaban J connectivity index is 2.48. The highest BCUT2D eigenvalue weighted by atomic mass is 16.4. The van der Waals surface area contributed by atoms with Crippen LogP contribution in [0.1, 0.15) is 10.5 Å². The Morgan fingerprint density at radius 1 is 1.35 bits per heavy atom. The first-order valence-corrected chi connectivity index (χ1v) is 4.78. The van der Waals surface area contributed by atoms with Crippen molar-refractivity contribution in [2.45, 2.75) is 0 Å². The SMILES string of the molecule is Nc1nc2ccc(C(=O)O)nc2n2cncc12. The first kappa shape index (κ1) is 9.52. The molecule has 0 bridgehead atoms.